The number of hydrogen-bond donors (Lipinski definition) is 0. The van der Waals surface area contributed by atoms with Crippen molar-refractivity contribution >= 4 is 16.1 Å². The molecule has 0 aliphatic carbocycles. The fourth-order valence-corrected chi connectivity index (χ4v) is 3.42. The Labute approximate surface area is 134 Å². The van der Waals surface area contributed by atoms with Gasteiger partial charge in [-0.15, -0.1) is 3.89 Å². The third-order valence-electron chi connectivity index (χ3n) is 4.14. The van der Waals surface area contributed by atoms with Gasteiger partial charge < -0.3 is 9.80 Å². The maximum atomic E-state index is 13.0. The fourth-order valence-electron chi connectivity index (χ4n) is 2.72. The number of unbranched alkanes of at least 4 members (excludes halogenated alkanes) is 2. The van der Waals surface area contributed by atoms with Crippen LogP contribution < -0.4 is 0 Å². The largest absolute Gasteiger partial charge is 0.341 e. The summed E-state index contributed by atoms with van der Waals surface area (Å²) in [5.41, 5.74) is 0. The molecule has 1 aliphatic rings. The number of nitrogens with zero attached hydrogens (tertiary/aromatic N) is 2. The lowest BCUT2D eigenvalue weighted by molar-refractivity contribution is -0.127. The lowest BCUT2D eigenvalue weighted by atomic mass is 10.2. The first-order valence-corrected chi connectivity index (χ1v) is 9.76. The van der Waals surface area contributed by atoms with Crippen molar-refractivity contribution in [2.45, 2.75) is 57.6 Å². The molecular formula is C15H29FN2O3S. The van der Waals surface area contributed by atoms with Gasteiger partial charge in [0.25, 0.3) is 0 Å². The van der Waals surface area contributed by atoms with E-state index in [9.17, 15) is 17.1 Å². The lowest BCUT2D eigenvalue weighted by Crippen LogP contribution is -2.33. The minimum Gasteiger partial charge on any atom is -0.341 e. The van der Waals surface area contributed by atoms with Gasteiger partial charge in [-0.05, 0) is 38.9 Å². The van der Waals surface area contributed by atoms with Crippen LogP contribution in [-0.2, 0) is 15.0 Å². The average Bonchev–Trinajstić information content (AvgIpc) is 2.83. The van der Waals surface area contributed by atoms with Gasteiger partial charge in [0, 0.05) is 19.5 Å². The van der Waals surface area contributed by atoms with Gasteiger partial charge in [0.2, 0.25) is 5.91 Å². The summed E-state index contributed by atoms with van der Waals surface area (Å²) >= 11 is 0. The highest BCUT2D eigenvalue weighted by Gasteiger charge is 2.37. The van der Waals surface area contributed by atoms with Crippen LogP contribution in [0.1, 0.15) is 52.4 Å². The molecule has 0 aromatic heterocycles. The molecule has 1 atom stereocenters. The normalized spacial score (nSPS) is 19.4. The van der Waals surface area contributed by atoms with Gasteiger partial charge in [-0.3, -0.25) is 4.79 Å². The van der Waals surface area contributed by atoms with Gasteiger partial charge in [0.1, 0.15) is 5.25 Å². The summed E-state index contributed by atoms with van der Waals surface area (Å²) in [4.78, 5) is 15.6. The van der Waals surface area contributed by atoms with Gasteiger partial charge >= 0.3 is 10.2 Å². The topological polar surface area (TPSA) is 57.7 Å². The number of halogens is 1. The highest BCUT2D eigenvalue weighted by Crippen LogP contribution is 2.19. The quantitative estimate of drug-likeness (QED) is 0.543. The van der Waals surface area contributed by atoms with Crippen LogP contribution in [-0.4, -0.2) is 62.1 Å². The summed E-state index contributed by atoms with van der Waals surface area (Å²) in [6, 6.07) is 0. The first kappa shape index (κ1) is 19.4. The molecule has 1 aliphatic heterocycles. The predicted molar refractivity (Wildman–Crippen MR) is 85.9 cm³/mol. The number of amides is 1. The molecule has 1 amide bonds. The zero-order valence-electron chi connectivity index (χ0n) is 13.8. The second-order valence-corrected chi connectivity index (χ2v) is 7.66. The molecule has 0 spiro atoms. The van der Waals surface area contributed by atoms with Crippen molar-refractivity contribution in [1.29, 1.82) is 0 Å². The van der Waals surface area contributed by atoms with Crippen molar-refractivity contribution in [2.24, 2.45) is 0 Å². The van der Waals surface area contributed by atoms with E-state index in [1.165, 1.54) is 4.90 Å². The molecule has 1 saturated heterocycles. The molecule has 0 aromatic carbocycles. The van der Waals surface area contributed by atoms with E-state index in [4.69, 9.17) is 0 Å². The van der Waals surface area contributed by atoms with E-state index in [1.807, 2.05) is 0 Å². The maximum Gasteiger partial charge on any atom is 0.307 e. The summed E-state index contributed by atoms with van der Waals surface area (Å²) < 4.78 is 34.7. The third-order valence-corrected chi connectivity index (χ3v) is 5.25. The van der Waals surface area contributed by atoms with Crippen LogP contribution in [0.15, 0.2) is 0 Å². The van der Waals surface area contributed by atoms with Crippen molar-refractivity contribution in [3.63, 3.8) is 0 Å². The zero-order chi connectivity index (χ0) is 16.6. The molecule has 7 heteroatoms. The standard InChI is InChI=1S/C15H29FN2O3S/c1-3-5-8-17(9-6-4-2)10-7-11-18-13-14(12-15(18)19)22(16,20)21/h14H,3-13H2,1-2H3. The molecule has 0 saturated carbocycles. The average molecular weight is 336 g/mol. The molecule has 0 radical (unpaired) electrons. The van der Waals surface area contributed by atoms with Crippen LogP contribution in [0.5, 0.6) is 0 Å². The summed E-state index contributed by atoms with van der Waals surface area (Å²) in [5, 5.41) is -1.17. The van der Waals surface area contributed by atoms with Gasteiger partial charge in [-0.2, -0.15) is 8.42 Å². The van der Waals surface area contributed by atoms with E-state index >= 15 is 0 Å². The first-order valence-electron chi connectivity index (χ1n) is 8.32. The van der Waals surface area contributed by atoms with Gasteiger partial charge in [0.05, 0.1) is 0 Å². The summed E-state index contributed by atoms with van der Waals surface area (Å²) in [5.74, 6) is -0.250. The van der Waals surface area contributed by atoms with E-state index < -0.39 is 15.5 Å². The van der Waals surface area contributed by atoms with Crippen molar-refractivity contribution in [1.82, 2.24) is 9.80 Å². The Morgan fingerprint density at radius 3 is 2.14 bits per heavy atom. The SMILES string of the molecule is CCCCN(CCCC)CCCN1CC(S(=O)(=O)F)CC1=O. The Bertz CT molecular complexity index is 434. The molecule has 0 aromatic rings. The van der Waals surface area contributed by atoms with Crippen LogP contribution in [0.25, 0.3) is 0 Å². The second-order valence-electron chi connectivity index (χ2n) is 6.04. The number of carbonyl (C=O) groups is 1. The smallest absolute Gasteiger partial charge is 0.307 e. The predicted octanol–water partition coefficient (Wildman–Crippen LogP) is 2.18. The number of likely N-dealkylation sites (tertiary alicyclic amines) is 1. The maximum absolute atomic E-state index is 13.0. The number of rotatable bonds is 11. The summed E-state index contributed by atoms with van der Waals surface area (Å²) in [7, 11) is -4.61. The van der Waals surface area contributed by atoms with Gasteiger partial charge in [-0.25, -0.2) is 0 Å². The van der Waals surface area contributed by atoms with Crippen LogP contribution in [0, 0.1) is 0 Å². The van der Waals surface area contributed by atoms with Crippen molar-refractivity contribution in [3.05, 3.63) is 0 Å². The fraction of sp³-hybridized carbons (Fsp3) is 0.933. The van der Waals surface area contributed by atoms with Crippen LogP contribution in [0.4, 0.5) is 3.89 Å². The lowest BCUT2D eigenvalue weighted by Gasteiger charge is -2.23. The van der Waals surface area contributed by atoms with Crippen molar-refractivity contribution in [2.75, 3.05) is 32.7 Å². The Morgan fingerprint density at radius 2 is 1.68 bits per heavy atom. The Balaban J connectivity index is 2.36. The minimum absolute atomic E-state index is 0.00157. The molecule has 1 rings (SSSR count). The molecule has 130 valence electrons. The Hall–Kier alpha value is -0.690. The van der Waals surface area contributed by atoms with Crippen molar-refractivity contribution < 1.29 is 17.1 Å². The molecular weight excluding hydrogens is 307 g/mol. The zero-order valence-corrected chi connectivity index (χ0v) is 14.6. The molecule has 5 nitrogen and oxygen atoms in total. The molecule has 22 heavy (non-hydrogen) atoms. The van der Waals surface area contributed by atoms with Crippen LogP contribution in [0.2, 0.25) is 0 Å². The first-order chi connectivity index (χ1) is 10.4. The Kier molecular flexibility index (Phi) is 8.31. The molecule has 1 heterocycles. The van der Waals surface area contributed by atoms with Crippen molar-refractivity contribution in [3.8, 4) is 0 Å². The number of carbonyl (C=O) groups excluding carboxylic acids is 1. The second kappa shape index (κ2) is 9.45. The number of hydrogen-bond acceptors (Lipinski definition) is 4. The molecule has 1 fully saturated rings. The monoisotopic (exact) mass is 336 g/mol. The minimum atomic E-state index is -4.61. The van der Waals surface area contributed by atoms with E-state index in [1.54, 1.807) is 0 Å². The van der Waals surface area contributed by atoms with E-state index in [2.05, 4.69) is 18.7 Å². The van der Waals surface area contributed by atoms with Crippen LogP contribution >= 0.6 is 0 Å². The Morgan fingerprint density at radius 1 is 1.14 bits per heavy atom. The van der Waals surface area contributed by atoms with Gasteiger partial charge in [-0.1, -0.05) is 26.7 Å². The summed E-state index contributed by atoms with van der Waals surface area (Å²) in [6.45, 7) is 7.87. The molecule has 0 N–H and O–H groups in total. The van der Waals surface area contributed by atoms with E-state index in [0.717, 1.165) is 51.7 Å². The molecule has 1 unspecified atom stereocenters. The van der Waals surface area contributed by atoms with E-state index in [-0.39, 0.29) is 18.9 Å². The summed E-state index contributed by atoms with van der Waals surface area (Å²) in [6.07, 6.45) is 5.22. The van der Waals surface area contributed by atoms with E-state index in [0.29, 0.717) is 6.54 Å². The highest BCUT2D eigenvalue weighted by atomic mass is 32.3. The van der Waals surface area contributed by atoms with Gasteiger partial charge in [0.15, 0.2) is 0 Å². The van der Waals surface area contributed by atoms with Crippen LogP contribution in [0.3, 0.4) is 0 Å². The highest BCUT2D eigenvalue weighted by molar-refractivity contribution is 7.87. The third kappa shape index (κ3) is 6.60. The molecule has 0 bridgehead atoms.